The largest absolute Gasteiger partial charge is 0.497 e. The molecule has 0 heterocycles. The summed E-state index contributed by atoms with van der Waals surface area (Å²) in [7, 11) is 0.484. The summed E-state index contributed by atoms with van der Waals surface area (Å²) in [6.45, 7) is 11.0. The lowest BCUT2D eigenvalue weighted by atomic mass is 10.1. The molecule has 4 heteroatoms. The molecule has 2 rings (SSSR count). The van der Waals surface area contributed by atoms with Crippen LogP contribution >= 0.6 is 0 Å². The highest BCUT2D eigenvalue weighted by molar-refractivity contribution is 6.81. The molecule has 1 aliphatic carbocycles. The maximum Gasteiger partial charge on any atom is 0.118 e. The first-order chi connectivity index (χ1) is 11.4. The van der Waals surface area contributed by atoms with Gasteiger partial charge in [-0.15, -0.1) is 0 Å². The molecule has 0 saturated heterocycles. The molecule has 0 bridgehead atoms. The average Bonchev–Trinajstić information content (AvgIpc) is 3.24. The van der Waals surface area contributed by atoms with E-state index in [1.54, 1.807) is 7.11 Å². The summed E-state index contributed by atoms with van der Waals surface area (Å²) in [4.78, 5) is 0. The number of allylic oxidation sites excluding steroid dienone is 1. The topological polar surface area (TPSA) is 38.7 Å². The molecule has 3 nitrogen and oxygen atoms in total. The third-order valence-electron chi connectivity index (χ3n) is 4.75. The lowest BCUT2D eigenvalue weighted by Gasteiger charge is -2.12. The van der Waals surface area contributed by atoms with Crippen molar-refractivity contribution in [3.63, 3.8) is 0 Å². The van der Waals surface area contributed by atoms with Gasteiger partial charge >= 0.3 is 0 Å². The lowest BCUT2D eigenvalue weighted by molar-refractivity contribution is 0.112. The number of methoxy groups -OCH3 is 1. The molecule has 0 spiro atoms. The summed E-state index contributed by atoms with van der Waals surface area (Å²) >= 11 is 0. The van der Waals surface area contributed by atoms with Crippen molar-refractivity contribution in [3.05, 3.63) is 41.1 Å². The number of benzene rings is 1. The van der Waals surface area contributed by atoms with Crippen LogP contribution in [-0.2, 0) is 11.3 Å². The minimum absolute atomic E-state index is 0.296. The van der Waals surface area contributed by atoms with Gasteiger partial charge in [0.25, 0.3) is 0 Å². The SMILES string of the molecule is COc1ccc(COCCC2C(CO)C2/C(C)=C/[Si](C)(C)C)cc1. The van der Waals surface area contributed by atoms with Gasteiger partial charge in [0.2, 0.25) is 0 Å². The zero-order valence-electron chi connectivity index (χ0n) is 15.7. The van der Waals surface area contributed by atoms with Crippen molar-refractivity contribution < 1.29 is 14.6 Å². The minimum Gasteiger partial charge on any atom is -0.497 e. The van der Waals surface area contributed by atoms with Crippen LogP contribution in [0, 0.1) is 17.8 Å². The van der Waals surface area contributed by atoms with Crippen LogP contribution in [0.5, 0.6) is 5.75 Å². The van der Waals surface area contributed by atoms with E-state index in [2.05, 4.69) is 32.3 Å². The zero-order chi connectivity index (χ0) is 17.7. The Labute approximate surface area is 147 Å². The van der Waals surface area contributed by atoms with Crippen molar-refractivity contribution in [2.24, 2.45) is 17.8 Å². The van der Waals surface area contributed by atoms with Crippen LogP contribution in [0.15, 0.2) is 35.5 Å². The molecular formula is C20H32O3Si. The Morgan fingerprint density at radius 3 is 2.38 bits per heavy atom. The Morgan fingerprint density at radius 2 is 1.83 bits per heavy atom. The summed E-state index contributed by atoms with van der Waals surface area (Å²) in [5.41, 5.74) is 5.13. The molecule has 1 saturated carbocycles. The average molecular weight is 349 g/mol. The van der Waals surface area contributed by atoms with E-state index in [4.69, 9.17) is 9.47 Å². The number of aliphatic hydroxyl groups is 1. The maximum atomic E-state index is 9.61. The van der Waals surface area contributed by atoms with Crippen LogP contribution in [0.1, 0.15) is 18.9 Å². The van der Waals surface area contributed by atoms with E-state index in [1.165, 1.54) is 5.57 Å². The highest BCUT2D eigenvalue weighted by Crippen LogP contribution is 2.52. The third-order valence-corrected chi connectivity index (χ3v) is 6.07. The van der Waals surface area contributed by atoms with Crippen LogP contribution in [0.3, 0.4) is 0 Å². The van der Waals surface area contributed by atoms with Crippen molar-refractivity contribution in [3.8, 4) is 5.75 Å². The number of rotatable bonds is 9. The van der Waals surface area contributed by atoms with E-state index in [9.17, 15) is 5.11 Å². The van der Waals surface area contributed by atoms with Gasteiger partial charge in [0, 0.05) is 13.2 Å². The first-order valence-electron chi connectivity index (χ1n) is 8.86. The monoisotopic (exact) mass is 348 g/mol. The Hall–Kier alpha value is -1.10. The standard InChI is InChI=1S/C20H32O3Si/c1-15(14-24(3,4)5)20-18(19(20)12-21)10-11-23-13-16-6-8-17(22-2)9-7-16/h6-9,14,18-21H,10-13H2,1-5H3/b15-14+. The van der Waals surface area contributed by atoms with Gasteiger partial charge in [-0.2, -0.15) is 0 Å². The number of aliphatic hydroxyl groups excluding tert-OH is 1. The van der Waals surface area contributed by atoms with Crippen LogP contribution in [0.2, 0.25) is 19.6 Å². The van der Waals surface area contributed by atoms with Gasteiger partial charge < -0.3 is 14.6 Å². The fraction of sp³-hybridized carbons (Fsp3) is 0.600. The van der Waals surface area contributed by atoms with E-state index in [1.807, 2.05) is 24.3 Å². The van der Waals surface area contributed by atoms with Gasteiger partial charge in [-0.05, 0) is 48.8 Å². The van der Waals surface area contributed by atoms with Crippen molar-refractivity contribution in [1.29, 1.82) is 0 Å². The van der Waals surface area contributed by atoms with E-state index < -0.39 is 8.07 Å². The summed E-state index contributed by atoms with van der Waals surface area (Å²) < 4.78 is 11.0. The molecule has 3 atom stereocenters. The summed E-state index contributed by atoms with van der Waals surface area (Å²) in [5, 5.41) is 9.61. The van der Waals surface area contributed by atoms with E-state index in [0.29, 0.717) is 31.0 Å². The highest BCUT2D eigenvalue weighted by Gasteiger charge is 2.49. The first kappa shape index (κ1) is 19.2. The van der Waals surface area contributed by atoms with Crippen LogP contribution < -0.4 is 4.74 Å². The predicted octanol–water partition coefficient (Wildman–Crippen LogP) is 4.28. The summed E-state index contributed by atoms with van der Waals surface area (Å²) in [5.74, 6) is 2.45. The second-order valence-corrected chi connectivity index (χ2v) is 13.0. The highest BCUT2D eigenvalue weighted by atomic mass is 28.3. The molecule has 1 aliphatic rings. The lowest BCUT2D eigenvalue weighted by Crippen LogP contribution is -2.17. The van der Waals surface area contributed by atoms with Gasteiger partial charge in [-0.1, -0.05) is 43.0 Å². The Bertz CT molecular complexity index is 545. The third kappa shape index (κ3) is 5.47. The Kier molecular flexibility index (Phi) is 6.67. The van der Waals surface area contributed by atoms with Crippen LogP contribution in [-0.4, -0.2) is 33.5 Å². The molecule has 0 amide bonds. The van der Waals surface area contributed by atoms with Crippen LogP contribution in [0.25, 0.3) is 0 Å². The molecule has 1 N–H and O–H groups in total. The fourth-order valence-electron chi connectivity index (χ4n) is 3.67. The number of hydrogen-bond donors (Lipinski definition) is 1. The summed E-state index contributed by atoms with van der Waals surface area (Å²) in [6.07, 6.45) is 1.03. The molecule has 3 unspecified atom stereocenters. The smallest absolute Gasteiger partial charge is 0.118 e. The van der Waals surface area contributed by atoms with Crippen molar-refractivity contribution >= 4 is 8.07 Å². The molecule has 134 valence electrons. The van der Waals surface area contributed by atoms with Crippen LogP contribution in [0.4, 0.5) is 0 Å². The second-order valence-electron chi connectivity index (χ2n) is 7.98. The van der Waals surface area contributed by atoms with Gasteiger partial charge in [0.1, 0.15) is 5.75 Å². The van der Waals surface area contributed by atoms with Gasteiger partial charge in [0.05, 0.1) is 21.8 Å². The molecular weight excluding hydrogens is 316 g/mol. The van der Waals surface area contributed by atoms with Gasteiger partial charge in [0.15, 0.2) is 0 Å². The maximum absolute atomic E-state index is 9.61. The quantitative estimate of drug-likeness (QED) is 0.535. The predicted molar refractivity (Wildman–Crippen MR) is 102 cm³/mol. The Morgan fingerprint density at radius 1 is 1.17 bits per heavy atom. The molecule has 0 aliphatic heterocycles. The normalized spacial score (nSPS) is 24.1. The second kappa shape index (κ2) is 8.32. The zero-order valence-corrected chi connectivity index (χ0v) is 16.7. The van der Waals surface area contributed by atoms with Crippen molar-refractivity contribution in [2.75, 3.05) is 20.3 Å². The van der Waals surface area contributed by atoms with Crippen molar-refractivity contribution in [2.45, 2.75) is 39.6 Å². The first-order valence-corrected chi connectivity index (χ1v) is 12.4. The number of ether oxygens (including phenoxy) is 2. The van der Waals surface area contributed by atoms with Crippen molar-refractivity contribution in [1.82, 2.24) is 0 Å². The molecule has 1 aromatic carbocycles. The minimum atomic E-state index is -1.19. The van der Waals surface area contributed by atoms with Gasteiger partial charge in [-0.3, -0.25) is 0 Å². The molecule has 24 heavy (non-hydrogen) atoms. The molecule has 0 radical (unpaired) electrons. The summed E-state index contributed by atoms with van der Waals surface area (Å²) in [6, 6.07) is 8.00. The fourth-order valence-corrected chi connectivity index (χ4v) is 5.23. The Balaban J connectivity index is 1.76. The van der Waals surface area contributed by atoms with E-state index >= 15 is 0 Å². The molecule has 0 aromatic heterocycles. The van der Waals surface area contributed by atoms with E-state index in [0.717, 1.165) is 24.3 Å². The number of hydrogen-bond acceptors (Lipinski definition) is 3. The van der Waals surface area contributed by atoms with E-state index in [-0.39, 0.29) is 0 Å². The molecule has 1 fully saturated rings. The van der Waals surface area contributed by atoms with Gasteiger partial charge in [-0.25, -0.2) is 0 Å². The molecule has 1 aromatic rings.